The molecule has 2 fully saturated rings. The van der Waals surface area contributed by atoms with Crippen molar-refractivity contribution in [2.24, 2.45) is 5.41 Å². The summed E-state index contributed by atoms with van der Waals surface area (Å²) in [6, 6.07) is 6.14. The number of benzene rings is 1. The Labute approximate surface area is 140 Å². The van der Waals surface area contributed by atoms with Crippen molar-refractivity contribution in [3.63, 3.8) is 0 Å². The monoisotopic (exact) mass is 378 g/mol. The van der Waals surface area contributed by atoms with Crippen LogP contribution in [0.4, 0.5) is 0 Å². The second-order valence-corrected chi connectivity index (χ2v) is 7.27. The molecule has 5 heteroatoms. The first-order valence-corrected chi connectivity index (χ1v) is 8.21. The van der Waals surface area contributed by atoms with E-state index < -0.39 is 0 Å². The summed E-state index contributed by atoms with van der Waals surface area (Å²) in [6.07, 6.45) is 4.01. The molecule has 0 radical (unpaired) electrons. The van der Waals surface area contributed by atoms with Crippen molar-refractivity contribution in [2.45, 2.75) is 25.8 Å². The molecule has 2 nitrogen and oxygen atoms in total. The largest absolute Gasteiger partial charge is 0.317 e. The third-order valence-electron chi connectivity index (χ3n) is 4.58. The second-order valence-electron chi connectivity index (χ2n) is 5.95. The lowest BCUT2D eigenvalue weighted by atomic mass is 9.78. The van der Waals surface area contributed by atoms with E-state index in [1.165, 1.54) is 51.0 Å². The Bertz CT molecular complexity index is 461. The van der Waals surface area contributed by atoms with Crippen LogP contribution in [0, 0.1) is 5.41 Å². The Kier molecular flexibility index (Phi) is 5.78. The van der Waals surface area contributed by atoms with Gasteiger partial charge in [-0.1, -0.05) is 27.5 Å². The molecule has 0 aliphatic carbocycles. The molecule has 3 rings (SSSR count). The predicted octanol–water partition coefficient (Wildman–Crippen LogP) is 4.10. The zero-order chi connectivity index (χ0) is 13.3. The van der Waals surface area contributed by atoms with Crippen molar-refractivity contribution < 1.29 is 0 Å². The molecular formula is C15H21BrCl2N2. The standard InChI is InChI=1S/C15H20BrClN2.ClH/c16-13-1-2-14(17)12(9-13)10-19-8-5-15(11-19)3-6-18-7-4-15;/h1-2,9,18H,3-8,10-11H2;1H. The van der Waals surface area contributed by atoms with Crippen molar-refractivity contribution in [3.05, 3.63) is 33.3 Å². The molecule has 0 aromatic heterocycles. The number of rotatable bonds is 2. The van der Waals surface area contributed by atoms with Crippen molar-refractivity contribution in [1.82, 2.24) is 10.2 Å². The molecular weight excluding hydrogens is 359 g/mol. The van der Waals surface area contributed by atoms with Gasteiger partial charge in [-0.15, -0.1) is 12.4 Å². The minimum absolute atomic E-state index is 0. The maximum Gasteiger partial charge on any atom is 0.0451 e. The van der Waals surface area contributed by atoms with Crippen LogP contribution in [-0.2, 0) is 6.54 Å². The maximum absolute atomic E-state index is 6.29. The van der Waals surface area contributed by atoms with Gasteiger partial charge in [0.25, 0.3) is 0 Å². The number of likely N-dealkylation sites (tertiary alicyclic amines) is 1. The van der Waals surface area contributed by atoms with Gasteiger partial charge in [0.1, 0.15) is 0 Å². The summed E-state index contributed by atoms with van der Waals surface area (Å²) in [5.74, 6) is 0. The van der Waals surface area contributed by atoms with Crippen molar-refractivity contribution in [2.75, 3.05) is 26.2 Å². The Morgan fingerprint density at radius 2 is 2.00 bits per heavy atom. The van der Waals surface area contributed by atoms with Crippen molar-refractivity contribution >= 4 is 39.9 Å². The van der Waals surface area contributed by atoms with Crippen LogP contribution in [0.2, 0.25) is 5.02 Å². The summed E-state index contributed by atoms with van der Waals surface area (Å²) in [5, 5.41) is 4.35. The van der Waals surface area contributed by atoms with Crippen LogP contribution in [0.5, 0.6) is 0 Å². The zero-order valence-electron chi connectivity index (χ0n) is 11.5. The fourth-order valence-corrected chi connectivity index (χ4v) is 4.02. The first kappa shape index (κ1) is 16.6. The minimum atomic E-state index is 0. The van der Waals surface area contributed by atoms with Gasteiger partial charge in [-0.2, -0.15) is 0 Å². The number of nitrogens with one attached hydrogen (secondary N) is 1. The SMILES string of the molecule is Cl.Clc1ccc(Br)cc1CN1CCC2(CCNCC2)C1. The number of piperidine rings is 1. The Hall–Kier alpha value is 0.200. The van der Waals surface area contributed by atoms with Gasteiger partial charge < -0.3 is 5.32 Å². The highest BCUT2D eigenvalue weighted by molar-refractivity contribution is 9.10. The minimum Gasteiger partial charge on any atom is -0.317 e. The average molecular weight is 380 g/mol. The lowest BCUT2D eigenvalue weighted by Gasteiger charge is -2.34. The van der Waals surface area contributed by atoms with E-state index in [9.17, 15) is 0 Å². The molecule has 1 aromatic rings. The Morgan fingerprint density at radius 1 is 1.25 bits per heavy atom. The van der Waals surface area contributed by atoms with Gasteiger partial charge in [-0.05, 0) is 68.1 Å². The highest BCUT2D eigenvalue weighted by Crippen LogP contribution is 2.39. The Balaban J connectivity index is 0.00000147. The molecule has 0 unspecified atom stereocenters. The zero-order valence-corrected chi connectivity index (χ0v) is 14.7. The van der Waals surface area contributed by atoms with Gasteiger partial charge >= 0.3 is 0 Å². The fraction of sp³-hybridized carbons (Fsp3) is 0.600. The number of nitrogens with zero attached hydrogens (tertiary/aromatic N) is 1. The fourth-order valence-electron chi connectivity index (χ4n) is 3.43. The van der Waals surface area contributed by atoms with Crippen LogP contribution in [0.15, 0.2) is 22.7 Å². The van der Waals surface area contributed by atoms with Crippen LogP contribution in [-0.4, -0.2) is 31.1 Å². The molecule has 0 saturated carbocycles. The van der Waals surface area contributed by atoms with E-state index in [4.69, 9.17) is 11.6 Å². The summed E-state index contributed by atoms with van der Waals surface area (Å²) in [7, 11) is 0. The molecule has 2 aliphatic heterocycles. The second kappa shape index (κ2) is 6.97. The molecule has 1 aromatic carbocycles. The third-order valence-corrected chi connectivity index (χ3v) is 5.45. The van der Waals surface area contributed by atoms with E-state index in [0.717, 1.165) is 16.0 Å². The smallest absolute Gasteiger partial charge is 0.0451 e. The predicted molar refractivity (Wildman–Crippen MR) is 90.8 cm³/mol. The molecule has 0 amide bonds. The highest BCUT2D eigenvalue weighted by Gasteiger charge is 2.38. The normalized spacial score (nSPS) is 21.9. The van der Waals surface area contributed by atoms with Crippen LogP contribution >= 0.6 is 39.9 Å². The molecule has 1 spiro atoms. The quantitative estimate of drug-likeness (QED) is 0.831. The van der Waals surface area contributed by atoms with Gasteiger partial charge in [-0.25, -0.2) is 0 Å². The number of halogens is 3. The third kappa shape index (κ3) is 3.69. The van der Waals surface area contributed by atoms with Gasteiger partial charge in [0.15, 0.2) is 0 Å². The van der Waals surface area contributed by atoms with E-state index in [0.29, 0.717) is 5.41 Å². The van der Waals surface area contributed by atoms with Crippen LogP contribution < -0.4 is 5.32 Å². The molecule has 0 bridgehead atoms. The number of hydrogen-bond acceptors (Lipinski definition) is 2. The average Bonchev–Trinajstić information content (AvgIpc) is 2.78. The highest BCUT2D eigenvalue weighted by atomic mass is 79.9. The molecule has 20 heavy (non-hydrogen) atoms. The Morgan fingerprint density at radius 3 is 2.75 bits per heavy atom. The van der Waals surface area contributed by atoms with Gasteiger partial charge in [0, 0.05) is 22.6 Å². The van der Waals surface area contributed by atoms with Crippen LogP contribution in [0.25, 0.3) is 0 Å². The van der Waals surface area contributed by atoms with Gasteiger partial charge in [0.2, 0.25) is 0 Å². The molecule has 112 valence electrons. The van der Waals surface area contributed by atoms with E-state index >= 15 is 0 Å². The summed E-state index contributed by atoms with van der Waals surface area (Å²) in [6.45, 7) is 5.80. The first-order valence-electron chi connectivity index (χ1n) is 7.04. The van der Waals surface area contributed by atoms with E-state index in [1.807, 2.05) is 12.1 Å². The molecule has 2 aliphatic rings. The van der Waals surface area contributed by atoms with E-state index in [1.54, 1.807) is 0 Å². The topological polar surface area (TPSA) is 15.3 Å². The van der Waals surface area contributed by atoms with Crippen molar-refractivity contribution in [1.29, 1.82) is 0 Å². The molecule has 0 atom stereocenters. The molecule has 2 saturated heterocycles. The summed E-state index contributed by atoms with van der Waals surface area (Å²) >= 11 is 9.82. The first-order chi connectivity index (χ1) is 9.17. The molecule has 2 heterocycles. The van der Waals surface area contributed by atoms with Gasteiger partial charge in [0.05, 0.1) is 0 Å². The summed E-state index contributed by atoms with van der Waals surface area (Å²) in [5.41, 5.74) is 1.81. The van der Waals surface area contributed by atoms with E-state index in [-0.39, 0.29) is 12.4 Å². The van der Waals surface area contributed by atoms with Crippen molar-refractivity contribution in [3.8, 4) is 0 Å². The van der Waals surface area contributed by atoms with Gasteiger partial charge in [-0.3, -0.25) is 4.90 Å². The molecule has 1 N–H and O–H groups in total. The lowest BCUT2D eigenvalue weighted by Crippen LogP contribution is -2.38. The summed E-state index contributed by atoms with van der Waals surface area (Å²) < 4.78 is 1.11. The number of hydrogen-bond donors (Lipinski definition) is 1. The maximum atomic E-state index is 6.29. The lowest BCUT2D eigenvalue weighted by molar-refractivity contribution is 0.194. The van der Waals surface area contributed by atoms with Crippen LogP contribution in [0.1, 0.15) is 24.8 Å². The van der Waals surface area contributed by atoms with E-state index in [2.05, 4.69) is 32.2 Å². The summed E-state index contributed by atoms with van der Waals surface area (Å²) in [4.78, 5) is 2.57. The van der Waals surface area contributed by atoms with Crippen LogP contribution in [0.3, 0.4) is 0 Å².